The van der Waals surface area contributed by atoms with Gasteiger partial charge >= 0.3 is 0 Å². The standard InChI is InChI=1S/C24H48N2O2/c1-25-23(27)21-19-17-15-13-11-9-7-5-3-4-6-8-10-12-14-16-18-20-22-24(28)26-2/h3-22H2,1-2H3,(H,25,27)(H,26,28). The van der Waals surface area contributed by atoms with Crippen LogP contribution < -0.4 is 10.6 Å². The number of carbonyl (C=O) groups is 2. The Kier molecular flexibility index (Phi) is 21.4. The molecule has 0 spiro atoms. The van der Waals surface area contributed by atoms with E-state index in [1.54, 1.807) is 14.1 Å². The minimum atomic E-state index is 0.175. The van der Waals surface area contributed by atoms with E-state index in [1.807, 2.05) is 0 Å². The lowest BCUT2D eigenvalue weighted by Crippen LogP contribution is -2.16. The van der Waals surface area contributed by atoms with E-state index in [4.69, 9.17) is 0 Å². The SMILES string of the molecule is CNC(=O)CCCCCCCCCCCCCCCCCCCCC(=O)NC. The van der Waals surface area contributed by atoms with E-state index in [9.17, 15) is 9.59 Å². The van der Waals surface area contributed by atoms with E-state index >= 15 is 0 Å². The number of unbranched alkanes of at least 4 members (excludes halogenated alkanes) is 17. The van der Waals surface area contributed by atoms with Crippen LogP contribution in [-0.4, -0.2) is 25.9 Å². The van der Waals surface area contributed by atoms with Crippen LogP contribution in [0, 0.1) is 0 Å². The molecule has 4 nitrogen and oxygen atoms in total. The lowest BCUT2D eigenvalue weighted by molar-refractivity contribution is -0.121. The molecular formula is C24H48N2O2. The summed E-state index contributed by atoms with van der Waals surface area (Å²) in [6.07, 6.45) is 25.0. The molecule has 0 aliphatic rings. The molecule has 0 aliphatic carbocycles. The van der Waals surface area contributed by atoms with Gasteiger partial charge in [0.1, 0.15) is 0 Å². The average molecular weight is 397 g/mol. The van der Waals surface area contributed by atoms with Crippen LogP contribution in [0.25, 0.3) is 0 Å². The van der Waals surface area contributed by atoms with Crippen molar-refractivity contribution in [1.29, 1.82) is 0 Å². The van der Waals surface area contributed by atoms with Gasteiger partial charge in [-0.2, -0.15) is 0 Å². The minimum absolute atomic E-state index is 0.175. The second-order valence-corrected chi connectivity index (χ2v) is 8.21. The van der Waals surface area contributed by atoms with E-state index in [-0.39, 0.29) is 11.8 Å². The van der Waals surface area contributed by atoms with Gasteiger partial charge in [0.15, 0.2) is 0 Å². The summed E-state index contributed by atoms with van der Waals surface area (Å²) in [4.78, 5) is 22.2. The molecule has 0 atom stereocenters. The van der Waals surface area contributed by atoms with Gasteiger partial charge in [0.2, 0.25) is 11.8 Å². The first-order valence-corrected chi connectivity index (χ1v) is 12.1. The molecule has 0 aliphatic heterocycles. The van der Waals surface area contributed by atoms with Gasteiger partial charge in [-0.3, -0.25) is 9.59 Å². The number of rotatable bonds is 21. The van der Waals surface area contributed by atoms with Crippen LogP contribution in [0.2, 0.25) is 0 Å². The largest absolute Gasteiger partial charge is 0.359 e. The van der Waals surface area contributed by atoms with Crippen LogP contribution in [0.5, 0.6) is 0 Å². The summed E-state index contributed by atoms with van der Waals surface area (Å²) in [7, 11) is 3.42. The molecule has 0 unspecified atom stereocenters. The number of amides is 2. The third-order valence-electron chi connectivity index (χ3n) is 5.62. The Bertz CT molecular complexity index is 325. The average Bonchev–Trinajstić information content (AvgIpc) is 2.71. The molecule has 0 saturated carbocycles. The molecule has 0 heterocycles. The molecule has 166 valence electrons. The Morgan fingerprint density at radius 2 is 0.571 bits per heavy atom. The number of nitrogens with one attached hydrogen (secondary N) is 2. The maximum Gasteiger partial charge on any atom is 0.219 e. The van der Waals surface area contributed by atoms with Gasteiger partial charge in [-0.15, -0.1) is 0 Å². The molecule has 0 fully saturated rings. The molecule has 0 radical (unpaired) electrons. The molecular weight excluding hydrogens is 348 g/mol. The smallest absolute Gasteiger partial charge is 0.219 e. The number of carbonyl (C=O) groups excluding carboxylic acids is 2. The second kappa shape index (κ2) is 22.2. The molecule has 28 heavy (non-hydrogen) atoms. The van der Waals surface area contributed by atoms with Crippen LogP contribution in [0.1, 0.15) is 128 Å². The van der Waals surface area contributed by atoms with Crippen LogP contribution in [0.4, 0.5) is 0 Å². The summed E-state index contributed by atoms with van der Waals surface area (Å²) in [6, 6.07) is 0. The number of hydrogen-bond acceptors (Lipinski definition) is 2. The van der Waals surface area contributed by atoms with Crippen molar-refractivity contribution in [1.82, 2.24) is 10.6 Å². The zero-order chi connectivity index (χ0) is 20.7. The zero-order valence-electron chi connectivity index (χ0n) is 19.0. The molecule has 0 bridgehead atoms. The maximum atomic E-state index is 11.1. The summed E-state index contributed by atoms with van der Waals surface area (Å²) in [6.45, 7) is 0. The van der Waals surface area contributed by atoms with Crippen molar-refractivity contribution in [2.45, 2.75) is 128 Å². The van der Waals surface area contributed by atoms with Crippen molar-refractivity contribution in [2.24, 2.45) is 0 Å². The highest BCUT2D eigenvalue weighted by molar-refractivity contribution is 5.75. The topological polar surface area (TPSA) is 58.2 Å². The predicted molar refractivity (Wildman–Crippen MR) is 120 cm³/mol. The van der Waals surface area contributed by atoms with E-state index in [2.05, 4.69) is 10.6 Å². The van der Waals surface area contributed by atoms with Crippen LogP contribution >= 0.6 is 0 Å². The molecule has 0 aromatic carbocycles. The first kappa shape index (κ1) is 26.9. The summed E-state index contributed by atoms with van der Waals surface area (Å²) < 4.78 is 0. The Hall–Kier alpha value is -1.06. The van der Waals surface area contributed by atoms with Gasteiger partial charge in [0, 0.05) is 26.9 Å². The molecule has 4 heteroatoms. The Morgan fingerprint density at radius 1 is 0.393 bits per heavy atom. The highest BCUT2D eigenvalue weighted by Gasteiger charge is 1.99. The van der Waals surface area contributed by atoms with Gasteiger partial charge in [-0.25, -0.2) is 0 Å². The van der Waals surface area contributed by atoms with Crippen LogP contribution in [-0.2, 0) is 9.59 Å². The van der Waals surface area contributed by atoms with Crippen molar-refractivity contribution >= 4 is 11.8 Å². The summed E-state index contributed by atoms with van der Waals surface area (Å²) in [5.74, 6) is 0.351. The minimum Gasteiger partial charge on any atom is -0.359 e. The van der Waals surface area contributed by atoms with Crippen LogP contribution in [0.3, 0.4) is 0 Å². The predicted octanol–water partition coefficient (Wildman–Crippen LogP) is 6.28. The molecule has 0 aromatic heterocycles. The summed E-state index contributed by atoms with van der Waals surface area (Å²) in [5, 5.41) is 5.36. The third-order valence-corrected chi connectivity index (χ3v) is 5.62. The van der Waals surface area contributed by atoms with Gasteiger partial charge in [0.25, 0.3) is 0 Å². The fourth-order valence-electron chi connectivity index (χ4n) is 3.65. The second-order valence-electron chi connectivity index (χ2n) is 8.21. The fraction of sp³-hybridized carbons (Fsp3) is 0.917. The molecule has 0 saturated heterocycles. The first-order chi connectivity index (χ1) is 13.7. The van der Waals surface area contributed by atoms with E-state index in [0.717, 1.165) is 12.8 Å². The van der Waals surface area contributed by atoms with Crippen LogP contribution in [0.15, 0.2) is 0 Å². The van der Waals surface area contributed by atoms with Gasteiger partial charge in [-0.1, -0.05) is 103 Å². The Labute approximate surface area is 175 Å². The highest BCUT2D eigenvalue weighted by Crippen LogP contribution is 2.14. The summed E-state index contributed by atoms with van der Waals surface area (Å²) >= 11 is 0. The monoisotopic (exact) mass is 396 g/mol. The zero-order valence-corrected chi connectivity index (χ0v) is 19.0. The first-order valence-electron chi connectivity index (χ1n) is 12.1. The molecule has 0 rings (SSSR count). The third kappa shape index (κ3) is 21.2. The van der Waals surface area contributed by atoms with Crippen molar-refractivity contribution in [2.75, 3.05) is 14.1 Å². The molecule has 2 N–H and O–H groups in total. The fourth-order valence-corrected chi connectivity index (χ4v) is 3.65. The maximum absolute atomic E-state index is 11.1. The van der Waals surface area contributed by atoms with Gasteiger partial charge in [0.05, 0.1) is 0 Å². The lowest BCUT2D eigenvalue weighted by Gasteiger charge is -2.04. The van der Waals surface area contributed by atoms with E-state index < -0.39 is 0 Å². The highest BCUT2D eigenvalue weighted by atomic mass is 16.2. The van der Waals surface area contributed by atoms with Crippen molar-refractivity contribution < 1.29 is 9.59 Å². The van der Waals surface area contributed by atoms with Gasteiger partial charge in [-0.05, 0) is 12.8 Å². The quantitative estimate of drug-likeness (QED) is 0.224. The lowest BCUT2D eigenvalue weighted by atomic mass is 10.0. The van der Waals surface area contributed by atoms with E-state index in [1.165, 1.54) is 103 Å². The van der Waals surface area contributed by atoms with Gasteiger partial charge < -0.3 is 10.6 Å². The van der Waals surface area contributed by atoms with Crippen molar-refractivity contribution in [3.8, 4) is 0 Å². The van der Waals surface area contributed by atoms with Crippen molar-refractivity contribution in [3.63, 3.8) is 0 Å². The van der Waals surface area contributed by atoms with E-state index in [0.29, 0.717) is 12.8 Å². The normalized spacial score (nSPS) is 10.8. The molecule has 2 amide bonds. The summed E-state index contributed by atoms with van der Waals surface area (Å²) in [5.41, 5.74) is 0. The Morgan fingerprint density at radius 3 is 0.750 bits per heavy atom. The Balaban J connectivity index is 3.05. The number of hydrogen-bond donors (Lipinski definition) is 2. The molecule has 0 aromatic rings. The van der Waals surface area contributed by atoms with Crippen molar-refractivity contribution in [3.05, 3.63) is 0 Å².